The SMILES string of the molecule is CCn1nc(C)cc1C(=O)Nc1nc2cc(C(N)=O)cc(OCCCNC(=O)[C@@H](N)CC(=O)O)c2n1C/C=C/Cn1c2nc(-c3cc(C)nn3CC)ncc2c2cc(C(N)=O)cc(OCCCOC)c21. The molecule has 70 heavy (non-hydrogen) atoms. The molecule has 7 aromatic rings. The van der Waals surface area contributed by atoms with E-state index in [0.29, 0.717) is 76.5 Å². The summed E-state index contributed by atoms with van der Waals surface area (Å²) in [6, 6.07) is 8.65. The summed E-state index contributed by atoms with van der Waals surface area (Å²) < 4.78 is 24.9. The van der Waals surface area contributed by atoms with E-state index in [1.165, 1.54) is 12.1 Å². The Labute approximate surface area is 400 Å². The zero-order chi connectivity index (χ0) is 50.2. The number of carbonyl (C=O) groups is 5. The number of aliphatic carboxylic acids is 1. The lowest BCUT2D eigenvalue weighted by Gasteiger charge is -2.14. The molecular formula is C47H56N14O9. The van der Waals surface area contributed by atoms with Crippen LogP contribution in [0.2, 0.25) is 0 Å². The Balaban J connectivity index is 1.29. The molecule has 9 N–H and O–H groups in total. The number of anilines is 1. The zero-order valence-corrected chi connectivity index (χ0v) is 39.5. The van der Waals surface area contributed by atoms with Crippen molar-refractivity contribution in [1.29, 1.82) is 0 Å². The van der Waals surface area contributed by atoms with Gasteiger partial charge in [0.1, 0.15) is 34.1 Å². The highest BCUT2D eigenvalue weighted by molar-refractivity contribution is 6.12. The van der Waals surface area contributed by atoms with E-state index < -0.39 is 42.1 Å². The lowest BCUT2D eigenvalue weighted by Crippen LogP contribution is -2.42. The van der Waals surface area contributed by atoms with Crippen LogP contribution in [0.5, 0.6) is 11.5 Å². The van der Waals surface area contributed by atoms with Gasteiger partial charge in [-0.2, -0.15) is 10.2 Å². The number of benzene rings is 2. The number of nitrogens with one attached hydrogen (secondary N) is 2. The summed E-state index contributed by atoms with van der Waals surface area (Å²) in [4.78, 5) is 77.2. The highest BCUT2D eigenvalue weighted by Crippen LogP contribution is 2.37. The van der Waals surface area contributed by atoms with Crippen LogP contribution in [-0.2, 0) is 40.5 Å². The first-order valence-corrected chi connectivity index (χ1v) is 22.6. The van der Waals surface area contributed by atoms with Gasteiger partial charge in [-0.05, 0) is 70.5 Å². The van der Waals surface area contributed by atoms with Gasteiger partial charge in [0.2, 0.25) is 23.7 Å². The number of carboxylic acids is 1. The van der Waals surface area contributed by atoms with Crippen molar-refractivity contribution in [3.05, 3.63) is 83.0 Å². The fraction of sp³-hybridized carbons (Fsp3) is 0.362. The van der Waals surface area contributed by atoms with Crippen molar-refractivity contribution in [1.82, 2.24) is 49.0 Å². The standard InChI is InChI=1S/C47H56N14O9/c1-6-60-34(18-26(3)56-60)43-52-25-31-30-20-28(41(49)64)22-36(70-17-11-15-68-5)39(30)58(44(31)54-43)13-8-9-14-59-40-33(53-47(59)55-46(67)35-19-27(4)57-61(35)7-2)21-29(42(50)65)23-37(40)69-16-10-12-51-45(66)32(48)24-38(62)63/h8-9,18-23,25,32H,6-7,10-17,24,48H2,1-5H3,(H2,49,64)(H2,50,65)(H,51,66)(H,62,63)(H,53,55,67)/b9-8+/t32-/m0/s1. The molecule has 7 rings (SSSR count). The van der Waals surface area contributed by atoms with Crippen LogP contribution in [0.25, 0.3) is 44.5 Å². The van der Waals surface area contributed by atoms with Crippen LogP contribution in [0.4, 0.5) is 5.95 Å². The topological polar surface area (TPSA) is 320 Å². The molecule has 23 nitrogen and oxygen atoms in total. The molecule has 0 bridgehead atoms. The molecule has 368 valence electrons. The molecule has 0 aliphatic carbocycles. The Morgan fingerprint density at radius 3 is 2.10 bits per heavy atom. The molecule has 4 amide bonds. The number of rotatable bonds is 24. The number of methoxy groups -OCH3 is 1. The lowest BCUT2D eigenvalue weighted by atomic mass is 10.1. The average Bonchev–Trinajstić information content (AvgIpc) is 4.09. The summed E-state index contributed by atoms with van der Waals surface area (Å²) in [6.45, 7) is 9.78. The molecule has 0 fully saturated rings. The Hall–Kier alpha value is -8.18. The van der Waals surface area contributed by atoms with Crippen molar-refractivity contribution in [2.75, 3.05) is 38.8 Å². The van der Waals surface area contributed by atoms with E-state index in [2.05, 4.69) is 20.8 Å². The third kappa shape index (κ3) is 10.9. The molecule has 23 heteroatoms. The van der Waals surface area contributed by atoms with Crippen LogP contribution in [0.15, 0.2) is 54.7 Å². The summed E-state index contributed by atoms with van der Waals surface area (Å²) >= 11 is 0. The number of carbonyl (C=O) groups excluding carboxylic acids is 4. The van der Waals surface area contributed by atoms with Crippen molar-refractivity contribution in [3.63, 3.8) is 0 Å². The van der Waals surface area contributed by atoms with Gasteiger partial charge in [0.05, 0.1) is 48.1 Å². The van der Waals surface area contributed by atoms with E-state index in [1.807, 2.05) is 48.2 Å². The summed E-state index contributed by atoms with van der Waals surface area (Å²) in [5.74, 6) is -2.50. The van der Waals surface area contributed by atoms with Crippen molar-refractivity contribution in [2.45, 2.75) is 79.2 Å². The molecular weight excluding hydrogens is 905 g/mol. The number of nitrogens with zero attached hydrogens (tertiary/aromatic N) is 9. The van der Waals surface area contributed by atoms with Crippen molar-refractivity contribution < 1.29 is 43.3 Å². The number of hydrogen-bond acceptors (Lipinski definition) is 14. The van der Waals surface area contributed by atoms with Crippen LogP contribution in [0, 0.1) is 13.8 Å². The zero-order valence-electron chi connectivity index (χ0n) is 39.5. The number of nitrogens with two attached hydrogens (primary N) is 3. The quantitative estimate of drug-likeness (QED) is 0.0373. The number of ether oxygens (including phenoxy) is 3. The van der Waals surface area contributed by atoms with E-state index in [9.17, 15) is 24.0 Å². The molecule has 0 aliphatic heterocycles. The number of primary amides is 2. The number of carboxylic acid groups (broad SMARTS) is 1. The van der Waals surface area contributed by atoms with Crippen LogP contribution >= 0.6 is 0 Å². The van der Waals surface area contributed by atoms with Gasteiger partial charge in [0.25, 0.3) is 5.91 Å². The fourth-order valence-corrected chi connectivity index (χ4v) is 8.00. The van der Waals surface area contributed by atoms with Gasteiger partial charge in [0.15, 0.2) is 5.82 Å². The number of amides is 4. The highest BCUT2D eigenvalue weighted by atomic mass is 16.5. The smallest absolute Gasteiger partial charge is 0.305 e. The second-order valence-electron chi connectivity index (χ2n) is 16.3. The molecule has 5 aromatic heterocycles. The van der Waals surface area contributed by atoms with Gasteiger partial charge >= 0.3 is 5.97 Å². The molecule has 0 saturated carbocycles. The lowest BCUT2D eigenvalue weighted by molar-refractivity contribution is -0.139. The maximum Gasteiger partial charge on any atom is 0.305 e. The maximum atomic E-state index is 13.9. The number of fused-ring (bicyclic) bond motifs is 4. The summed E-state index contributed by atoms with van der Waals surface area (Å²) in [7, 11) is 1.60. The predicted octanol–water partition coefficient (Wildman–Crippen LogP) is 3.46. The normalized spacial score (nSPS) is 12.0. The molecule has 0 spiro atoms. The number of aryl methyl sites for hydroxylation is 4. The van der Waals surface area contributed by atoms with Gasteiger partial charge in [-0.25, -0.2) is 15.0 Å². The second-order valence-corrected chi connectivity index (χ2v) is 16.3. The minimum atomic E-state index is -1.22. The molecule has 0 saturated heterocycles. The molecule has 0 radical (unpaired) electrons. The number of aromatic nitrogens is 9. The van der Waals surface area contributed by atoms with Crippen molar-refractivity contribution >= 4 is 68.5 Å². The predicted molar refractivity (Wildman–Crippen MR) is 259 cm³/mol. The van der Waals surface area contributed by atoms with Crippen molar-refractivity contribution in [3.8, 4) is 23.0 Å². The Kier molecular flexibility index (Phi) is 15.5. The van der Waals surface area contributed by atoms with E-state index in [0.717, 1.165) is 11.4 Å². The third-order valence-electron chi connectivity index (χ3n) is 11.2. The second kappa shape index (κ2) is 21.8. The maximum absolute atomic E-state index is 13.9. The molecule has 2 aromatic carbocycles. The largest absolute Gasteiger partial charge is 0.491 e. The minimum absolute atomic E-state index is 0.0347. The van der Waals surface area contributed by atoms with Gasteiger partial charge in [-0.1, -0.05) is 12.2 Å². The van der Waals surface area contributed by atoms with Gasteiger partial charge < -0.3 is 51.0 Å². The van der Waals surface area contributed by atoms with Crippen LogP contribution in [0.3, 0.4) is 0 Å². The van der Waals surface area contributed by atoms with Gasteiger partial charge in [0, 0.05) is 81.0 Å². The molecule has 0 unspecified atom stereocenters. The summed E-state index contributed by atoms with van der Waals surface area (Å²) in [5, 5.41) is 24.9. The Bertz CT molecular complexity index is 3150. The summed E-state index contributed by atoms with van der Waals surface area (Å²) in [5.41, 5.74) is 22.0. The van der Waals surface area contributed by atoms with Gasteiger partial charge in [-0.15, -0.1) is 0 Å². The Morgan fingerprint density at radius 2 is 1.43 bits per heavy atom. The van der Waals surface area contributed by atoms with Crippen molar-refractivity contribution in [2.24, 2.45) is 17.2 Å². The number of imidazole rings is 1. The average molecular weight is 961 g/mol. The van der Waals surface area contributed by atoms with E-state index in [1.54, 1.807) is 47.7 Å². The third-order valence-corrected chi connectivity index (χ3v) is 11.2. The molecule has 0 aliphatic rings. The van der Waals surface area contributed by atoms with Crippen LogP contribution < -0.4 is 37.3 Å². The molecule has 1 atom stereocenters. The number of hydrogen-bond donors (Lipinski definition) is 6. The first kappa shape index (κ1) is 49.7. The first-order chi connectivity index (χ1) is 33.6. The summed E-state index contributed by atoms with van der Waals surface area (Å²) in [6.07, 6.45) is 5.81. The fourth-order valence-electron chi connectivity index (χ4n) is 8.00. The van der Waals surface area contributed by atoms with Gasteiger partial charge in [-0.3, -0.25) is 38.7 Å². The van der Waals surface area contributed by atoms with E-state index in [4.69, 9.17) is 51.5 Å². The number of allylic oxidation sites excluding steroid dienone is 2. The Morgan fingerprint density at radius 1 is 0.786 bits per heavy atom. The highest BCUT2D eigenvalue weighted by Gasteiger charge is 2.24. The minimum Gasteiger partial charge on any atom is -0.491 e. The first-order valence-electron chi connectivity index (χ1n) is 22.6. The van der Waals surface area contributed by atoms with Crippen LogP contribution in [0.1, 0.15) is 75.7 Å². The van der Waals surface area contributed by atoms with E-state index >= 15 is 0 Å². The molecule has 5 heterocycles. The van der Waals surface area contributed by atoms with Crippen LogP contribution in [-0.4, -0.2) is 118 Å². The monoisotopic (exact) mass is 960 g/mol. The van der Waals surface area contributed by atoms with E-state index in [-0.39, 0.29) is 67.6 Å².